The van der Waals surface area contributed by atoms with Crippen LogP contribution in [-0.2, 0) is 4.74 Å². The van der Waals surface area contributed by atoms with Gasteiger partial charge in [0.15, 0.2) is 0 Å². The summed E-state index contributed by atoms with van der Waals surface area (Å²) < 4.78 is 5.59. The van der Waals surface area contributed by atoms with E-state index in [9.17, 15) is 5.11 Å². The number of pyridine rings is 1. The van der Waals surface area contributed by atoms with Gasteiger partial charge in [0.05, 0.1) is 11.8 Å². The second-order valence-electron chi connectivity index (χ2n) is 3.74. The van der Waals surface area contributed by atoms with Gasteiger partial charge in [0.2, 0.25) is 0 Å². The molecule has 0 radical (unpaired) electrons. The Morgan fingerprint density at radius 3 is 3.14 bits per heavy atom. The molecule has 2 heterocycles. The first-order chi connectivity index (χ1) is 6.77. The van der Waals surface area contributed by atoms with Gasteiger partial charge in [-0.2, -0.15) is 0 Å². The van der Waals surface area contributed by atoms with Gasteiger partial charge in [-0.25, -0.2) is 0 Å². The average molecular weight is 193 g/mol. The SMILES string of the molecule is Cc1cccnc1C1CC(O)CCO1. The minimum absolute atomic E-state index is 0.0278. The molecule has 2 atom stereocenters. The lowest BCUT2D eigenvalue weighted by atomic mass is 10.0. The van der Waals surface area contributed by atoms with E-state index < -0.39 is 0 Å². The van der Waals surface area contributed by atoms with Crippen molar-refractivity contribution in [3.8, 4) is 0 Å². The number of aliphatic hydroxyl groups is 1. The molecule has 0 aromatic carbocycles. The van der Waals surface area contributed by atoms with Crippen molar-refractivity contribution in [3.63, 3.8) is 0 Å². The molecule has 14 heavy (non-hydrogen) atoms. The first kappa shape index (κ1) is 9.62. The van der Waals surface area contributed by atoms with E-state index in [1.54, 1.807) is 6.20 Å². The van der Waals surface area contributed by atoms with Gasteiger partial charge >= 0.3 is 0 Å². The predicted octanol–water partition coefficient (Wildman–Crippen LogP) is 1.60. The Bertz CT molecular complexity index is 314. The van der Waals surface area contributed by atoms with Gasteiger partial charge < -0.3 is 9.84 Å². The lowest BCUT2D eigenvalue weighted by molar-refractivity contribution is -0.0469. The van der Waals surface area contributed by atoms with E-state index >= 15 is 0 Å². The Labute approximate surface area is 83.7 Å². The smallest absolute Gasteiger partial charge is 0.102 e. The van der Waals surface area contributed by atoms with Crippen LogP contribution < -0.4 is 0 Å². The van der Waals surface area contributed by atoms with Crippen LogP contribution in [0.15, 0.2) is 18.3 Å². The lowest BCUT2D eigenvalue weighted by Crippen LogP contribution is -2.24. The molecule has 0 bridgehead atoms. The quantitative estimate of drug-likeness (QED) is 0.736. The number of ether oxygens (including phenoxy) is 1. The fourth-order valence-corrected chi connectivity index (χ4v) is 1.80. The summed E-state index contributed by atoms with van der Waals surface area (Å²) in [5.74, 6) is 0. The van der Waals surface area contributed by atoms with Crippen LogP contribution in [0.3, 0.4) is 0 Å². The van der Waals surface area contributed by atoms with Crippen LogP contribution in [-0.4, -0.2) is 22.8 Å². The highest BCUT2D eigenvalue weighted by Crippen LogP contribution is 2.28. The molecule has 1 fully saturated rings. The number of nitrogens with zero attached hydrogens (tertiary/aromatic N) is 1. The molecule has 3 nitrogen and oxygen atoms in total. The molecule has 3 heteroatoms. The van der Waals surface area contributed by atoms with Crippen LogP contribution in [0.25, 0.3) is 0 Å². The average Bonchev–Trinajstić information content (AvgIpc) is 2.18. The fraction of sp³-hybridized carbons (Fsp3) is 0.545. The van der Waals surface area contributed by atoms with E-state index in [2.05, 4.69) is 4.98 Å². The van der Waals surface area contributed by atoms with Crippen molar-refractivity contribution in [1.29, 1.82) is 0 Å². The molecule has 2 rings (SSSR count). The molecule has 76 valence electrons. The van der Waals surface area contributed by atoms with Crippen LogP contribution in [0, 0.1) is 6.92 Å². The van der Waals surface area contributed by atoms with Crippen LogP contribution in [0.1, 0.15) is 30.2 Å². The van der Waals surface area contributed by atoms with Crippen molar-refractivity contribution in [2.45, 2.75) is 32.0 Å². The Hall–Kier alpha value is -0.930. The summed E-state index contributed by atoms with van der Waals surface area (Å²) in [4.78, 5) is 4.30. The summed E-state index contributed by atoms with van der Waals surface area (Å²) >= 11 is 0. The minimum Gasteiger partial charge on any atom is -0.393 e. The third-order valence-corrected chi connectivity index (χ3v) is 2.61. The van der Waals surface area contributed by atoms with Crippen molar-refractivity contribution >= 4 is 0 Å². The van der Waals surface area contributed by atoms with Crippen molar-refractivity contribution in [2.24, 2.45) is 0 Å². The van der Waals surface area contributed by atoms with Gasteiger partial charge in [-0.15, -0.1) is 0 Å². The molecule has 0 saturated carbocycles. The summed E-state index contributed by atoms with van der Waals surface area (Å²) in [5, 5.41) is 9.52. The fourth-order valence-electron chi connectivity index (χ4n) is 1.80. The topological polar surface area (TPSA) is 42.4 Å². The standard InChI is InChI=1S/C11H15NO2/c1-8-3-2-5-12-11(8)10-7-9(13)4-6-14-10/h2-3,5,9-10,13H,4,6-7H2,1H3. The largest absolute Gasteiger partial charge is 0.393 e. The van der Waals surface area contributed by atoms with Gasteiger partial charge in [0, 0.05) is 19.2 Å². The molecule has 2 unspecified atom stereocenters. The molecule has 1 aliphatic heterocycles. The van der Waals surface area contributed by atoms with E-state index in [-0.39, 0.29) is 12.2 Å². The Morgan fingerprint density at radius 1 is 1.57 bits per heavy atom. The molecule has 0 spiro atoms. The van der Waals surface area contributed by atoms with E-state index in [0.717, 1.165) is 17.7 Å². The number of rotatable bonds is 1. The van der Waals surface area contributed by atoms with E-state index in [1.807, 2.05) is 19.1 Å². The van der Waals surface area contributed by atoms with Crippen molar-refractivity contribution in [2.75, 3.05) is 6.61 Å². The number of hydrogen-bond acceptors (Lipinski definition) is 3. The first-order valence-electron chi connectivity index (χ1n) is 4.98. The van der Waals surface area contributed by atoms with Gasteiger partial charge in [-0.1, -0.05) is 6.07 Å². The molecular weight excluding hydrogens is 178 g/mol. The minimum atomic E-state index is -0.241. The Kier molecular flexibility index (Phi) is 2.79. The highest BCUT2D eigenvalue weighted by Gasteiger charge is 2.24. The summed E-state index contributed by atoms with van der Waals surface area (Å²) in [6.45, 7) is 2.65. The van der Waals surface area contributed by atoms with Crippen molar-refractivity contribution in [1.82, 2.24) is 4.98 Å². The van der Waals surface area contributed by atoms with E-state index in [0.29, 0.717) is 13.0 Å². The number of aryl methyl sites for hydroxylation is 1. The highest BCUT2D eigenvalue weighted by atomic mass is 16.5. The Balaban J connectivity index is 2.18. The Morgan fingerprint density at radius 2 is 2.43 bits per heavy atom. The summed E-state index contributed by atoms with van der Waals surface area (Å²) in [6, 6.07) is 3.94. The van der Waals surface area contributed by atoms with Gasteiger partial charge in [0.1, 0.15) is 6.10 Å². The van der Waals surface area contributed by atoms with Gasteiger partial charge in [-0.3, -0.25) is 4.98 Å². The maximum atomic E-state index is 9.52. The van der Waals surface area contributed by atoms with Gasteiger partial charge in [-0.05, 0) is 25.0 Å². The second-order valence-corrected chi connectivity index (χ2v) is 3.74. The van der Waals surface area contributed by atoms with Gasteiger partial charge in [0.25, 0.3) is 0 Å². The zero-order chi connectivity index (χ0) is 9.97. The maximum absolute atomic E-state index is 9.52. The molecule has 1 aromatic heterocycles. The van der Waals surface area contributed by atoms with E-state index in [1.165, 1.54) is 0 Å². The lowest BCUT2D eigenvalue weighted by Gasteiger charge is -2.26. The third kappa shape index (κ3) is 1.94. The van der Waals surface area contributed by atoms with Crippen LogP contribution in [0.4, 0.5) is 0 Å². The highest BCUT2D eigenvalue weighted by molar-refractivity contribution is 5.20. The molecule has 0 amide bonds. The number of aliphatic hydroxyl groups excluding tert-OH is 1. The first-order valence-corrected chi connectivity index (χ1v) is 4.98. The van der Waals surface area contributed by atoms with Crippen molar-refractivity contribution < 1.29 is 9.84 Å². The summed E-state index contributed by atoms with van der Waals surface area (Å²) in [7, 11) is 0. The zero-order valence-corrected chi connectivity index (χ0v) is 8.31. The second kappa shape index (κ2) is 4.07. The maximum Gasteiger partial charge on any atom is 0.102 e. The van der Waals surface area contributed by atoms with Crippen LogP contribution >= 0.6 is 0 Å². The molecule has 0 aliphatic carbocycles. The summed E-state index contributed by atoms with van der Waals surface area (Å²) in [6.07, 6.45) is 2.91. The molecular formula is C11H15NO2. The molecule has 1 aromatic rings. The number of aromatic nitrogens is 1. The van der Waals surface area contributed by atoms with Crippen LogP contribution in [0.2, 0.25) is 0 Å². The predicted molar refractivity (Wildman–Crippen MR) is 52.9 cm³/mol. The summed E-state index contributed by atoms with van der Waals surface area (Å²) in [5.41, 5.74) is 2.10. The zero-order valence-electron chi connectivity index (χ0n) is 8.31. The molecule has 1 N–H and O–H groups in total. The van der Waals surface area contributed by atoms with Crippen molar-refractivity contribution in [3.05, 3.63) is 29.6 Å². The third-order valence-electron chi connectivity index (χ3n) is 2.61. The molecule has 1 saturated heterocycles. The number of hydrogen-bond donors (Lipinski definition) is 1. The monoisotopic (exact) mass is 193 g/mol. The van der Waals surface area contributed by atoms with E-state index in [4.69, 9.17) is 4.74 Å². The molecule has 1 aliphatic rings. The normalized spacial score (nSPS) is 27.6. The van der Waals surface area contributed by atoms with Crippen LogP contribution in [0.5, 0.6) is 0 Å².